The van der Waals surface area contributed by atoms with E-state index < -0.39 is 12.3 Å². The Balaban J connectivity index is 1.49. The zero-order chi connectivity index (χ0) is 16.2. The van der Waals surface area contributed by atoms with Crippen LogP contribution < -0.4 is 5.32 Å². The van der Waals surface area contributed by atoms with Crippen LogP contribution in [-0.2, 0) is 9.53 Å². The number of carbonyl (C=O) groups is 1. The highest BCUT2D eigenvalue weighted by Gasteiger charge is 2.36. The Morgan fingerprint density at radius 2 is 1.83 bits per heavy atom. The summed E-state index contributed by atoms with van der Waals surface area (Å²) in [4.78, 5) is 14.2. The molecule has 2 heterocycles. The van der Waals surface area contributed by atoms with Gasteiger partial charge in [0.05, 0.1) is 12.1 Å². The summed E-state index contributed by atoms with van der Waals surface area (Å²) in [6.07, 6.45) is 4.19. The molecule has 23 heavy (non-hydrogen) atoms. The number of nitrogens with one attached hydrogen (secondary N) is 1. The van der Waals surface area contributed by atoms with Crippen LogP contribution in [0.15, 0.2) is 0 Å². The van der Waals surface area contributed by atoms with Gasteiger partial charge in [0, 0.05) is 26.1 Å². The number of esters is 1. The number of nitrogens with zero attached hydrogens (tertiary/aromatic N) is 1. The molecular formula is C17H28F2N2O2. The number of alkyl halides is 2. The molecule has 1 saturated carbocycles. The minimum absolute atomic E-state index is 0.0151. The van der Waals surface area contributed by atoms with Crippen molar-refractivity contribution in [3.8, 4) is 0 Å². The van der Waals surface area contributed by atoms with Crippen LogP contribution in [0.5, 0.6) is 0 Å². The van der Waals surface area contributed by atoms with Crippen LogP contribution in [0.1, 0.15) is 51.4 Å². The molecule has 0 bridgehead atoms. The highest BCUT2D eigenvalue weighted by atomic mass is 19.2. The summed E-state index contributed by atoms with van der Waals surface area (Å²) in [5.41, 5.74) is 0. The summed E-state index contributed by atoms with van der Waals surface area (Å²) >= 11 is 0. The van der Waals surface area contributed by atoms with Crippen molar-refractivity contribution < 1.29 is 18.3 Å². The molecule has 0 radical (unpaired) electrons. The maximum absolute atomic E-state index is 13.6. The van der Waals surface area contributed by atoms with E-state index in [1.165, 1.54) is 6.42 Å². The fraction of sp³-hybridized carbons (Fsp3) is 0.941. The van der Waals surface area contributed by atoms with E-state index in [0.29, 0.717) is 13.0 Å². The van der Waals surface area contributed by atoms with Gasteiger partial charge in [-0.3, -0.25) is 9.69 Å². The third-order valence-electron chi connectivity index (χ3n) is 5.49. The Kier molecular flexibility index (Phi) is 5.85. The largest absolute Gasteiger partial charge is 0.462 e. The van der Waals surface area contributed by atoms with Gasteiger partial charge in [-0.05, 0) is 25.7 Å². The highest BCUT2D eigenvalue weighted by molar-refractivity contribution is 5.72. The van der Waals surface area contributed by atoms with Crippen molar-refractivity contribution in [2.24, 2.45) is 5.92 Å². The number of halogens is 2. The molecule has 0 amide bonds. The molecule has 0 spiro atoms. The Hall–Kier alpha value is -0.750. The van der Waals surface area contributed by atoms with Crippen molar-refractivity contribution in [3.63, 3.8) is 0 Å². The van der Waals surface area contributed by atoms with Crippen LogP contribution in [0.4, 0.5) is 8.78 Å². The fourth-order valence-electron chi connectivity index (χ4n) is 4.03. The van der Waals surface area contributed by atoms with Crippen molar-refractivity contribution in [2.45, 2.75) is 76.0 Å². The molecule has 4 atom stereocenters. The molecule has 3 aliphatic rings. The van der Waals surface area contributed by atoms with Gasteiger partial charge in [-0.25, -0.2) is 8.78 Å². The van der Waals surface area contributed by atoms with Crippen molar-refractivity contribution in [1.29, 1.82) is 0 Å². The molecule has 3 fully saturated rings. The second kappa shape index (κ2) is 7.88. The number of hydrogen-bond donors (Lipinski definition) is 1. The van der Waals surface area contributed by atoms with Gasteiger partial charge in [0.1, 0.15) is 18.4 Å². The number of ether oxygens (including phenoxy) is 1. The zero-order valence-electron chi connectivity index (χ0n) is 13.7. The average molecular weight is 330 g/mol. The van der Waals surface area contributed by atoms with Crippen LogP contribution in [0.25, 0.3) is 0 Å². The number of carbonyl (C=O) groups excluding carboxylic acids is 1. The van der Waals surface area contributed by atoms with E-state index in [-0.39, 0.29) is 37.1 Å². The topological polar surface area (TPSA) is 41.6 Å². The van der Waals surface area contributed by atoms with Gasteiger partial charge >= 0.3 is 5.97 Å². The molecule has 2 aliphatic heterocycles. The molecule has 132 valence electrons. The van der Waals surface area contributed by atoms with Crippen molar-refractivity contribution in [1.82, 2.24) is 10.2 Å². The second-order valence-corrected chi connectivity index (χ2v) is 7.20. The van der Waals surface area contributed by atoms with E-state index in [2.05, 4.69) is 5.32 Å². The summed E-state index contributed by atoms with van der Waals surface area (Å²) in [6, 6.07) is 0. The minimum atomic E-state index is -1.41. The maximum atomic E-state index is 13.6. The Bertz CT molecular complexity index is 404. The predicted molar refractivity (Wildman–Crippen MR) is 83.5 cm³/mol. The first-order valence-electron chi connectivity index (χ1n) is 9.09. The quantitative estimate of drug-likeness (QED) is 0.808. The van der Waals surface area contributed by atoms with Crippen LogP contribution in [0.3, 0.4) is 0 Å². The zero-order valence-corrected chi connectivity index (χ0v) is 13.7. The lowest BCUT2D eigenvalue weighted by atomic mass is 9.89. The molecule has 1 aliphatic carbocycles. The molecule has 1 N–H and O–H groups in total. The number of rotatable bonds is 3. The molecule has 6 heteroatoms. The van der Waals surface area contributed by atoms with Crippen molar-refractivity contribution in [3.05, 3.63) is 0 Å². The second-order valence-electron chi connectivity index (χ2n) is 7.20. The average Bonchev–Trinajstić information content (AvgIpc) is 2.58. The normalized spacial score (nSPS) is 37.5. The first-order valence-corrected chi connectivity index (χ1v) is 9.09. The van der Waals surface area contributed by atoms with Gasteiger partial charge in [0.25, 0.3) is 0 Å². The van der Waals surface area contributed by atoms with Crippen LogP contribution in [0, 0.1) is 5.92 Å². The molecule has 4 nitrogen and oxygen atoms in total. The lowest BCUT2D eigenvalue weighted by Gasteiger charge is -2.41. The van der Waals surface area contributed by atoms with Gasteiger partial charge in [-0.1, -0.05) is 19.3 Å². The molecular weight excluding hydrogens is 302 g/mol. The van der Waals surface area contributed by atoms with E-state index in [9.17, 15) is 13.6 Å². The molecule has 3 rings (SSSR count). The summed E-state index contributed by atoms with van der Waals surface area (Å²) in [6.45, 7) is 1.43. The van der Waals surface area contributed by atoms with Crippen LogP contribution in [-0.4, -0.2) is 55.1 Å². The third kappa shape index (κ3) is 4.41. The van der Waals surface area contributed by atoms with E-state index in [4.69, 9.17) is 4.74 Å². The maximum Gasteiger partial charge on any atom is 0.309 e. The first-order chi connectivity index (χ1) is 11.1. The molecule has 0 aromatic rings. The number of piperidine rings is 2. The molecule has 4 unspecified atom stereocenters. The SMILES string of the molecule is O=C(OC1CCNC(N2CCC(F)C(F)C2)C1)C1CCCCC1. The monoisotopic (exact) mass is 330 g/mol. The Labute approximate surface area is 136 Å². The van der Waals surface area contributed by atoms with Crippen molar-refractivity contribution >= 4 is 5.97 Å². The molecule has 2 saturated heterocycles. The summed E-state index contributed by atoms with van der Waals surface area (Å²) in [5.74, 6) is 0.00998. The lowest BCUT2D eigenvalue weighted by molar-refractivity contribution is -0.158. The van der Waals surface area contributed by atoms with E-state index in [1.807, 2.05) is 4.90 Å². The van der Waals surface area contributed by atoms with E-state index >= 15 is 0 Å². The minimum Gasteiger partial charge on any atom is -0.462 e. The Morgan fingerprint density at radius 1 is 1.04 bits per heavy atom. The van der Waals surface area contributed by atoms with Gasteiger partial charge in [-0.15, -0.1) is 0 Å². The summed E-state index contributed by atoms with van der Waals surface area (Å²) < 4.78 is 32.6. The van der Waals surface area contributed by atoms with Gasteiger partial charge < -0.3 is 10.1 Å². The molecule has 0 aromatic heterocycles. The predicted octanol–water partition coefficient (Wildman–Crippen LogP) is 2.57. The smallest absolute Gasteiger partial charge is 0.309 e. The lowest BCUT2D eigenvalue weighted by Crippen LogP contribution is -2.57. The third-order valence-corrected chi connectivity index (χ3v) is 5.49. The Morgan fingerprint density at radius 3 is 2.57 bits per heavy atom. The van der Waals surface area contributed by atoms with E-state index in [0.717, 1.165) is 38.6 Å². The van der Waals surface area contributed by atoms with Crippen molar-refractivity contribution in [2.75, 3.05) is 19.6 Å². The van der Waals surface area contributed by atoms with Gasteiger partial charge in [0.15, 0.2) is 0 Å². The standard InChI is InChI=1S/C17H28F2N2O2/c18-14-7-9-21(11-15(14)19)16-10-13(6-8-20-16)23-17(22)12-4-2-1-3-5-12/h12-16,20H,1-11H2. The fourth-order valence-corrected chi connectivity index (χ4v) is 4.03. The summed E-state index contributed by atoms with van der Waals surface area (Å²) in [5, 5.41) is 3.35. The molecule has 0 aromatic carbocycles. The highest BCUT2D eigenvalue weighted by Crippen LogP contribution is 2.27. The van der Waals surface area contributed by atoms with E-state index in [1.54, 1.807) is 0 Å². The number of likely N-dealkylation sites (tertiary alicyclic amines) is 1. The number of hydrogen-bond acceptors (Lipinski definition) is 4. The van der Waals surface area contributed by atoms with Gasteiger partial charge in [0.2, 0.25) is 0 Å². The van der Waals surface area contributed by atoms with Crippen LogP contribution >= 0.6 is 0 Å². The summed E-state index contributed by atoms with van der Waals surface area (Å²) in [7, 11) is 0. The first kappa shape index (κ1) is 17.1. The van der Waals surface area contributed by atoms with Gasteiger partial charge in [-0.2, -0.15) is 0 Å². The van der Waals surface area contributed by atoms with Crippen LogP contribution in [0.2, 0.25) is 0 Å².